The number of aromatic nitrogens is 2. The van der Waals surface area contributed by atoms with Gasteiger partial charge < -0.3 is 9.64 Å². The van der Waals surface area contributed by atoms with Crippen molar-refractivity contribution < 1.29 is 9.53 Å². The Morgan fingerprint density at radius 1 is 1.59 bits per heavy atom. The number of methoxy groups -OCH3 is 1. The zero-order valence-corrected chi connectivity index (χ0v) is 10.4. The molecule has 0 unspecified atom stereocenters. The average molecular weight is 256 g/mol. The van der Waals surface area contributed by atoms with Crippen molar-refractivity contribution in [3.63, 3.8) is 0 Å². The second-order valence-electron chi connectivity index (χ2n) is 3.91. The smallest absolute Gasteiger partial charge is 0.328 e. The lowest BCUT2D eigenvalue weighted by Gasteiger charge is -2.34. The van der Waals surface area contributed by atoms with Gasteiger partial charge in [-0.25, -0.2) is 14.8 Å². The van der Waals surface area contributed by atoms with Gasteiger partial charge in [0.2, 0.25) is 5.28 Å². The fraction of sp³-hybridized carbons (Fsp3) is 0.545. The first-order valence-corrected chi connectivity index (χ1v) is 5.93. The summed E-state index contributed by atoms with van der Waals surface area (Å²) in [5.74, 6) is 0.458. The van der Waals surface area contributed by atoms with Crippen LogP contribution in [0, 0.1) is 0 Å². The second kappa shape index (κ2) is 5.31. The van der Waals surface area contributed by atoms with Crippen LogP contribution in [0.4, 0.5) is 5.82 Å². The van der Waals surface area contributed by atoms with Crippen LogP contribution in [0.5, 0.6) is 0 Å². The monoisotopic (exact) mass is 255 g/mol. The van der Waals surface area contributed by atoms with Crippen molar-refractivity contribution in [1.29, 1.82) is 0 Å². The fourth-order valence-corrected chi connectivity index (χ4v) is 2.22. The second-order valence-corrected chi connectivity index (χ2v) is 4.25. The Morgan fingerprint density at radius 3 is 3.12 bits per heavy atom. The maximum absolute atomic E-state index is 11.7. The summed E-state index contributed by atoms with van der Waals surface area (Å²) in [5, 5.41) is 0.191. The van der Waals surface area contributed by atoms with Crippen molar-refractivity contribution in [3.8, 4) is 0 Å². The molecule has 2 heterocycles. The minimum Gasteiger partial charge on any atom is -0.467 e. The predicted octanol–water partition coefficient (Wildman–Crippen LogP) is 1.66. The number of hydrogen-bond donors (Lipinski definition) is 0. The summed E-state index contributed by atoms with van der Waals surface area (Å²) in [6.07, 6.45) is 4.44. The van der Waals surface area contributed by atoms with Gasteiger partial charge in [0.25, 0.3) is 0 Å². The molecule has 17 heavy (non-hydrogen) atoms. The third-order valence-electron chi connectivity index (χ3n) is 2.88. The number of rotatable bonds is 2. The van der Waals surface area contributed by atoms with Gasteiger partial charge in [-0.3, -0.25) is 0 Å². The van der Waals surface area contributed by atoms with Gasteiger partial charge in [-0.2, -0.15) is 0 Å². The summed E-state index contributed by atoms with van der Waals surface area (Å²) in [7, 11) is 1.40. The number of carbonyl (C=O) groups is 1. The molecule has 1 aliphatic rings. The van der Waals surface area contributed by atoms with E-state index in [9.17, 15) is 4.79 Å². The van der Waals surface area contributed by atoms with Crippen LogP contribution in [-0.2, 0) is 9.53 Å². The number of anilines is 1. The number of esters is 1. The molecule has 1 fully saturated rings. The van der Waals surface area contributed by atoms with Gasteiger partial charge in [0.15, 0.2) is 0 Å². The highest BCUT2D eigenvalue weighted by Crippen LogP contribution is 2.24. The molecule has 5 nitrogen and oxygen atoms in total. The zero-order valence-electron chi connectivity index (χ0n) is 9.60. The van der Waals surface area contributed by atoms with Gasteiger partial charge in [-0.15, -0.1) is 0 Å². The number of piperidine rings is 1. The lowest BCUT2D eigenvalue weighted by Crippen LogP contribution is -2.45. The summed E-state index contributed by atoms with van der Waals surface area (Å²) in [4.78, 5) is 21.6. The molecule has 0 aliphatic carbocycles. The first-order valence-electron chi connectivity index (χ1n) is 5.55. The van der Waals surface area contributed by atoms with E-state index in [2.05, 4.69) is 9.97 Å². The van der Waals surface area contributed by atoms with E-state index in [-0.39, 0.29) is 17.3 Å². The van der Waals surface area contributed by atoms with Gasteiger partial charge in [-0.1, -0.05) is 0 Å². The summed E-state index contributed by atoms with van der Waals surface area (Å²) in [5.41, 5.74) is 0. The third-order valence-corrected chi connectivity index (χ3v) is 3.06. The average Bonchev–Trinajstić information content (AvgIpc) is 2.38. The van der Waals surface area contributed by atoms with Crippen LogP contribution in [-0.4, -0.2) is 35.6 Å². The van der Waals surface area contributed by atoms with Crippen molar-refractivity contribution in [2.45, 2.75) is 25.3 Å². The molecule has 1 aliphatic heterocycles. The lowest BCUT2D eigenvalue weighted by atomic mass is 10.0. The van der Waals surface area contributed by atoms with E-state index in [1.54, 1.807) is 12.3 Å². The van der Waals surface area contributed by atoms with Crippen molar-refractivity contribution in [1.82, 2.24) is 9.97 Å². The maximum atomic E-state index is 11.7. The van der Waals surface area contributed by atoms with Crippen LogP contribution in [0.3, 0.4) is 0 Å². The molecule has 0 N–H and O–H groups in total. The molecular formula is C11H14ClN3O2. The molecule has 92 valence electrons. The van der Waals surface area contributed by atoms with Crippen LogP contribution < -0.4 is 4.90 Å². The van der Waals surface area contributed by atoms with Crippen molar-refractivity contribution in [2.75, 3.05) is 18.6 Å². The molecule has 6 heteroatoms. The van der Waals surface area contributed by atoms with Crippen LogP contribution in [0.15, 0.2) is 12.3 Å². The van der Waals surface area contributed by atoms with Gasteiger partial charge in [0.1, 0.15) is 11.9 Å². The van der Waals surface area contributed by atoms with E-state index in [1.165, 1.54) is 7.11 Å². The maximum Gasteiger partial charge on any atom is 0.328 e. The van der Waals surface area contributed by atoms with Crippen LogP contribution >= 0.6 is 11.6 Å². The fourth-order valence-electron chi connectivity index (χ4n) is 2.07. The first kappa shape index (κ1) is 12.1. The number of carbonyl (C=O) groups excluding carboxylic acids is 1. The van der Waals surface area contributed by atoms with Gasteiger partial charge in [0.05, 0.1) is 7.11 Å². The van der Waals surface area contributed by atoms with Crippen molar-refractivity contribution in [2.24, 2.45) is 0 Å². The van der Waals surface area contributed by atoms with E-state index in [4.69, 9.17) is 16.3 Å². The molecule has 2 rings (SSSR count). The minimum absolute atomic E-state index is 0.191. The van der Waals surface area contributed by atoms with Crippen molar-refractivity contribution >= 4 is 23.4 Å². The minimum atomic E-state index is -0.264. The summed E-state index contributed by atoms with van der Waals surface area (Å²) < 4.78 is 4.81. The van der Waals surface area contributed by atoms with E-state index in [0.717, 1.165) is 25.8 Å². The highest BCUT2D eigenvalue weighted by atomic mass is 35.5. The standard InChI is InChI=1S/C11H14ClN3O2/c1-17-10(16)8-4-2-3-7-15(8)9-5-6-13-11(12)14-9/h5-6,8H,2-4,7H2,1H3/t8-/m0/s1. The first-order chi connectivity index (χ1) is 8.22. The molecule has 0 saturated carbocycles. The highest BCUT2D eigenvalue weighted by Gasteiger charge is 2.30. The van der Waals surface area contributed by atoms with Gasteiger partial charge >= 0.3 is 5.97 Å². The molecule has 1 saturated heterocycles. The number of nitrogens with zero attached hydrogens (tertiary/aromatic N) is 3. The third kappa shape index (κ3) is 2.66. The Bertz CT molecular complexity index is 413. The number of halogens is 1. The molecule has 1 aromatic rings. The summed E-state index contributed by atoms with van der Waals surface area (Å²) in [6.45, 7) is 0.785. The Balaban J connectivity index is 2.24. The van der Waals surface area contributed by atoms with Gasteiger partial charge in [-0.05, 0) is 36.9 Å². The van der Waals surface area contributed by atoms with E-state index < -0.39 is 0 Å². The molecule has 1 atom stereocenters. The predicted molar refractivity (Wildman–Crippen MR) is 64.0 cm³/mol. The normalized spacial score (nSPS) is 20.1. The van der Waals surface area contributed by atoms with Crippen molar-refractivity contribution in [3.05, 3.63) is 17.5 Å². The Morgan fingerprint density at radius 2 is 2.41 bits per heavy atom. The molecule has 0 spiro atoms. The van der Waals surface area contributed by atoms with Crippen LogP contribution in [0.1, 0.15) is 19.3 Å². The van der Waals surface area contributed by atoms with E-state index in [1.807, 2.05) is 4.90 Å². The molecular weight excluding hydrogens is 242 g/mol. The lowest BCUT2D eigenvalue weighted by molar-refractivity contribution is -0.142. The Kier molecular flexibility index (Phi) is 3.78. The van der Waals surface area contributed by atoms with E-state index in [0.29, 0.717) is 5.82 Å². The SMILES string of the molecule is COC(=O)[C@@H]1CCCCN1c1ccnc(Cl)n1. The molecule has 0 aromatic carbocycles. The van der Waals surface area contributed by atoms with Crippen LogP contribution in [0.2, 0.25) is 5.28 Å². The summed E-state index contributed by atoms with van der Waals surface area (Å²) >= 11 is 5.76. The largest absolute Gasteiger partial charge is 0.467 e. The molecule has 0 radical (unpaired) electrons. The molecule has 0 amide bonds. The zero-order chi connectivity index (χ0) is 12.3. The molecule has 1 aromatic heterocycles. The van der Waals surface area contributed by atoms with Gasteiger partial charge in [0, 0.05) is 12.7 Å². The van der Waals surface area contributed by atoms with Crippen LogP contribution in [0.25, 0.3) is 0 Å². The highest BCUT2D eigenvalue weighted by molar-refractivity contribution is 6.28. The van der Waals surface area contributed by atoms with E-state index >= 15 is 0 Å². The summed E-state index contributed by atoms with van der Waals surface area (Å²) in [6, 6.07) is 1.49. The number of ether oxygens (including phenoxy) is 1. The number of hydrogen-bond acceptors (Lipinski definition) is 5. The quantitative estimate of drug-likeness (QED) is 0.594. The Labute approximate surface area is 105 Å². The Hall–Kier alpha value is -1.36. The molecule has 0 bridgehead atoms. The topological polar surface area (TPSA) is 55.3 Å².